The van der Waals surface area contributed by atoms with Crippen molar-refractivity contribution in [3.63, 3.8) is 0 Å². The van der Waals surface area contributed by atoms with Crippen LogP contribution in [-0.2, 0) is 0 Å². The summed E-state index contributed by atoms with van der Waals surface area (Å²) in [5, 5.41) is 12.1. The van der Waals surface area contributed by atoms with Crippen molar-refractivity contribution in [1.82, 2.24) is 14.9 Å². The number of ether oxygens (including phenoxy) is 1. The fourth-order valence-electron chi connectivity index (χ4n) is 2.29. The number of likely N-dealkylation sites (tertiary alicyclic amines) is 1. The molecule has 1 saturated heterocycles. The lowest BCUT2D eigenvalue weighted by Gasteiger charge is -2.30. The summed E-state index contributed by atoms with van der Waals surface area (Å²) < 4.78 is 5.19. The summed E-state index contributed by atoms with van der Waals surface area (Å²) in [4.78, 5) is 20.8. The van der Waals surface area contributed by atoms with E-state index in [4.69, 9.17) is 9.84 Å². The van der Waals surface area contributed by atoms with E-state index in [1.165, 1.54) is 4.90 Å². The number of anilines is 1. The van der Waals surface area contributed by atoms with Crippen LogP contribution in [0, 0.1) is 12.8 Å². The number of hydrogen-bond donors (Lipinski definition) is 2. The van der Waals surface area contributed by atoms with Crippen molar-refractivity contribution in [1.29, 1.82) is 0 Å². The van der Waals surface area contributed by atoms with E-state index in [9.17, 15) is 4.79 Å². The monoisotopic (exact) mass is 280 g/mol. The molecule has 1 fully saturated rings. The molecule has 0 spiro atoms. The van der Waals surface area contributed by atoms with Gasteiger partial charge >= 0.3 is 6.09 Å². The molecule has 0 aromatic carbocycles. The van der Waals surface area contributed by atoms with Crippen LogP contribution in [0.2, 0.25) is 0 Å². The number of nitrogens with zero attached hydrogens (tertiary/aromatic N) is 3. The van der Waals surface area contributed by atoms with Crippen molar-refractivity contribution in [2.75, 3.05) is 32.1 Å². The Balaban J connectivity index is 1.86. The molecule has 0 aliphatic carbocycles. The zero-order valence-electron chi connectivity index (χ0n) is 11.8. The van der Waals surface area contributed by atoms with Gasteiger partial charge in [-0.2, -0.15) is 0 Å². The van der Waals surface area contributed by atoms with Gasteiger partial charge in [0, 0.05) is 19.6 Å². The molecule has 20 heavy (non-hydrogen) atoms. The number of hydrogen-bond acceptors (Lipinski definition) is 5. The molecular weight excluding hydrogens is 260 g/mol. The van der Waals surface area contributed by atoms with Crippen LogP contribution in [-0.4, -0.2) is 52.8 Å². The highest BCUT2D eigenvalue weighted by molar-refractivity contribution is 5.65. The van der Waals surface area contributed by atoms with Gasteiger partial charge in [0.2, 0.25) is 0 Å². The van der Waals surface area contributed by atoms with E-state index in [-0.39, 0.29) is 0 Å². The normalized spacial score (nSPS) is 16.0. The van der Waals surface area contributed by atoms with E-state index in [1.807, 2.05) is 6.92 Å². The van der Waals surface area contributed by atoms with Crippen molar-refractivity contribution in [3.05, 3.63) is 11.9 Å². The zero-order valence-corrected chi connectivity index (χ0v) is 11.8. The number of aryl methyl sites for hydroxylation is 1. The van der Waals surface area contributed by atoms with E-state index in [0.717, 1.165) is 25.1 Å². The molecule has 7 nitrogen and oxygen atoms in total. The third-order valence-corrected chi connectivity index (χ3v) is 3.50. The van der Waals surface area contributed by atoms with Crippen molar-refractivity contribution >= 4 is 11.9 Å². The average Bonchev–Trinajstić information content (AvgIpc) is 2.46. The Labute approximate surface area is 118 Å². The summed E-state index contributed by atoms with van der Waals surface area (Å²) in [5.41, 5.74) is 0.808. The van der Waals surface area contributed by atoms with Gasteiger partial charge in [0.25, 0.3) is 5.88 Å². The number of carbonyl (C=O) groups is 1. The molecule has 0 unspecified atom stereocenters. The maximum atomic E-state index is 10.8. The minimum absolute atomic E-state index is 0.443. The Morgan fingerprint density at radius 1 is 1.55 bits per heavy atom. The second-order valence-corrected chi connectivity index (χ2v) is 4.96. The molecule has 0 bridgehead atoms. The van der Waals surface area contributed by atoms with Crippen LogP contribution in [0.25, 0.3) is 0 Å². The first-order valence-corrected chi connectivity index (χ1v) is 6.69. The van der Waals surface area contributed by atoms with Gasteiger partial charge in [0.15, 0.2) is 5.82 Å². The van der Waals surface area contributed by atoms with Crippen molar-refractivity contribution in [3.8, 4) is 5.88 Å². The van der Waals surface area contributed by atoms with Crippen molar-refractivity contribution in [2.24, 2.45) is 5.92 Å². The number of rotatable bonds is 4. The van der Waals surface area contributed by atoms with Crippen LogP contribution in [0.4, 0.5) is 10.6 Å². The van der Waals surface area contributed by atoms with Crippen molar-refractivity contribution < 1.29 is 14.6 Å². The van der Waals surface area contributed by atoms with Crippen LogP contribution >= 0.6 is 0 Å². The highest BCUT2D eigenvalue weighted by Gasteiger charge is 2.22. The minimum Gasteiger partial charge on any atom is -0.478 e. The average molecular weight is 280 g/mol. The third-order valence-electron chi connectivity index (χ3n) is 3.50. The first-order valence-electron chi connectivity index (χ1n) is 6.69. The van der Waals surface area contributed by atoms with Crippen LogP contribution in [0.5, 0.6) is 5.88 Å². The summed E-state index contributed by atoms with van der Waals surface area (Å²) in [6.07, 6.45) is 2.59. The predicted octanol–water partition coefficient (Wildman–Crippen LogP) is 1.60. The van der Waals surface area contributed by atoms with Crippen LogP contribution in [0.3, 0.4) is 0 Å². The van der Waals surface area contributed by atoms with Gasteiger partial charge < -0.3 is 20.1 Å². The highest BCUT2D eigenvalue weighted by Crippen LogP contribution is 2.21. The number of nitrogens with one attached hydrogen (secondary N) is 1. The first-order chi connectivity index (χ1) is 9.60. The van der Waals surface area contributed by atoms with E-state index >= 15 is 0 Å². The van der Waals surface area contributed by atoms with Gasteiger partial charge in [0.05, 0.1) is 19.0 Å². The molecule has 0 atom stereocenters. The van der Waals surface area contributed by atoms with Crippen molar-refractivity contribution in [2.45, 2.75) is 19.8 Å². The molecule has 2 rings (SSSR count). The van der Waals surface area contributed by atoms with Gasteiger partial charge in [-0.05, 0) is 25.7 Å². The fourth-order valence-corrected chi connectivity index (χ4v) is 2.29. The summed E-state index contributed by atoms with van der Waals surface area (Å²) in [5.74, 6) is 1.57. The molecule has 1 aliphatic heterocycles. The van der Waals surface area contributed by atoms with Gasteiger partial charge in [-0.1, -0.05) is 0 Å². The molecule has 1 aliphatic rings. The number of amides is 1. The molecule has 7 heteroatoms. The molecule has 0 radical (unpaired) electrons. The van der Waals surface area contributed by atoms with E-state index in [2.05, 4.69) is 15.3 Å². The Kier molecular flexibility index (Phi) is 4.60. The summed E-state index contributed by atoms with van der Waals surface area (Å²) in [6, 6.07) is 0. The summed E-state index contributed by atoms with van der Waals surface area (Å²) >= 11 is 0. The second kappa shape index (κ2) is 6.40. The van der Waals surface area contributed by atoms with E-state index < -0.39 is 6.09 Å². The lowest BCUT2D eigenvalue weighted by atomic mass is 9.97. The van der Waals surface area contributed by atoms with Gasteiger partial charge in [-0.3, -0.25) is 0 Å². The second-order valence-electron chi connectivity index (χ2n) is 4.96. The molecule has 0 saturated carbocycles. The molecular formula is C13H20N4O3. The quantitative estimate of drug-likeness (QED) is 0.871. The maximum absolute atomic E-state index is 10.8. The summed E-state index contributed by atoms with van der Waals surface area (Å²) in [6.45, 7) is 3.80. The smallest absolute Gasteiger partial charge is 0.407 e. The lowest BCUT2D eigenvalue weighted by Crippen LogP contribution is -2.39. The largest absolute Gasteiger partial charge is 0.478 e. The number of carboxylic acid groups (broad SMARTS) is 1. The van der Waals surface area contributed by atoms with Crippen LogP contribution < -0.4 is 10.1 Å². The number of aromatic nitrogens is 2. The predicted molar refractivity (Wildman–Crippen MR) is 74.1 cm³/mol. The Bertz CT molecular complexity index is 473. The lowest BCUT2D eigenvalue weighted by molar-refractivity contribution is 0.126. The zero-order chi connectivity index (χ0) is 14.5. The fraction of sp³-hybridized carbons (Fsp3) is 0.615. The van der Waals surface area contributed by atoms with Crippen LogP contribution in [0.15, 0.2) is 6.20 Å². The standard InChI is InChI=1S/C13H20N4O3/c1-9-7-14-11(12(16-9)20-2)15-8-10-3-5-17(6-4-10)13(18)19/h7,10H,3-6,8H2,1-2H3,(H,14,15)(H,18,19). The molecule has 1 aromatic heterocycles. The molecule has 1 amide bonds. The van der Waals surface area contributed by atoms with Gasteiger partial charge in [-0.15, -0.1) is 0 Å². The first kappa shape index (κ1) is 14.4. The topological polar surface area (TPSA) is 87.6 Å². The van der Waals surface area contributed by atoms with Gasteiger partial charge in [-0.25, -0.2) is 14.8 Å². The Morgan fingerprint density at radius 2 is 2.25 bits per heavy atom. The molecule has 2 N–H and O–H groups in total. The molecule has 110 valence electrons. The molecule has 2 heterocycles. The van der Waals surface area contributed by atoms with E-state index in [1.54, 1.807) is 13.3 Å². The van der Waals surface area contributed by atoms with Gasteiger partial charge in [0.1, 0.15) is 0 Å². The minimum atomic E-state index is -0.831. The number of methoxy groups -OCH3 is 1. The van der Waals surface area contributed by atoms with E-state index in [0.29, 0.717) is 30.7 Å². The summed E-state index contributed by atoms with van der Waals surface area (Å²) in [7, 11) is 1.57. The molecule has 1 aromatic rings. The van der Waals surface area contributed by atoms with Crippen LogP contribution in [0.1, 0.15) is 18.5 Å². The SMILES string of the molecule is COc1nc(C)cnc1NCC1CCN(C(=O)O)CC1. The Morgan fingerprint density at radius 3 is 2.85 bits per heavy atom. The number of piperidine rings is 1. The Hall–Kier alpha value is -2.05. The maximum Gasteiger partial charge on any atom is 0.407 e. The third kappa shape index (κ3) is 3.49. The highest BCUT2D eigenvalue weighted by atomic mass is 16.5.